The zero-order valence-corrected chi connectivity index (χ0v) is 11.1. The lowest BCUT2D eigenvalue weighted by atomic mass is 9.97. The molecule has 5 heteroatoms. The summed E-state index contributed by atoms with van der Waals surface area (Å²) in [6, 6.07) is -0.377. The summed E-state index contributed by atoms with van der Waals surface area (Å²) in [5.41, 5.74) is -0.687. The van der Waals surface area contributed by atoms with E-state index in [1.165, 1.54) is 0 Å². The predicted octanol–water partition coefficient (Wildman–Crippen LogP) is 1.61. The fourth-order valence-electron chi connectivity index (χ4n) is 3.67. The van der Waals surface area contributed by atoms with E-state index in [4.69, 9.17) is 0 Å². The second-order valence-corrected chi connectivity index (χ2v) is 6.06. The van der Waals surface area contributed by atoms with Crippen LogP contribution in [0.25, 0.3) is 0 Å². The number of hydrogen-bond donors (Lipinski definition) is 1. The van der Waals surface area contributed by atoms with Gasteiger partial charge in [0.25, 0.3) is 5.91 Å². The van der Waals surface area contributed by atoms with Gasteiger partial charge in [0.15, 0.2) is 5.78 Å². The highest BCUT2D eigenvalue weighted by Crippen LogP contribution is 2.35. The topological polar surface area (TPSA) is 66.5 Å². The third-order valence-electron chi connectivity index (χ3n) is 4.83. The SMILES string of the molecule is O=C(CN1C(=O)NC2(CCCC2)C1=O)C1CCCC1. The van der Waals surface area contributed by atoms with Crippen molar-refractivity contribution in [1.82, 2.24) is 10.2 Å². The number of carbonyl (C=O) groups excluding carboxylic acids is 3. The van der Waals surface area contributed by atoms with E-state index in [1.54, 1.807) is 0 Å². The summed E-state index contributed by atoms with van der Waals surface area (Å²) in [5, 5.41) is 2.81. The molecule has 3 rings (SSSR count). The highest BCUT2D eigenvalue weighted by atomic mass is 16.2. The minimum absolute atomic E-state index is 0.0307. The number of nitrogens with zero attached hydrogens (tertiary/aromatic N) is 1. The lowest BCUT2D eigenvalue weighted by Gasteiger charge is -2.20. The van der Waals surface area contributed by atoms with Crippen molar-refractivity contribution in [1.29, 1.82) is 0 Å². The Morgan fingerprint density at radius 3 is 2.42 bits per heavy atom. The molecule has 1 heterocycles. The molecule has 1 spiro atoms. The van der Waals surface area contributed by atoms with Gasteiger partial charge in [0.1, 0.15) is 5.54 Å². The molecule has 1 saturated heterocycles. The number of imide groups is 1. The molecule has 1 aliphatic heterocycles. The molecule has 0 aromatic rings. The smallest absolute Gasteiger partial charge is 0.323 e. The first-order valence-corrected chi connectivity index (χ1v) is 7.29. The number of nitrogens with one attached hydrogen (secondary N) is 1. The predicted molar refractivity (Wildman–Crippen MR) is 68.4 cm³/mol. The van der Waals surface area contributed by atoms with E-state index in [1.807, 2.05) is 0 Å². The summed E-state index contributed by atoms with van der Waals surface area (Å²) in [5.74, 6) is -0.0712. The van der Waals surface area contributed by atoms with E-state index in [0.717, 1.165) is 43.4 Å². The lowest BCUT2D eigenvalue weighted by molar-refractivity contribution is -0.135. The van der Waals surface area contributed by atoms with Crippen LogP contribution in [0, 0.1) is 5.92 Å². The molecule has 0 aromatic carbocycles. The minimum atomic E-state index is -0.687. The fourth-order valence-corrected chi connectivity index (χ4v) is 3.67. The first-order valence-electron chi connectivity index (χ1n) is 7.29. The third-order valence-corrected chi connectivity index (χ3v) is 4.83. The van der Waals surface area contributed by atoms with Gasteiger partial charge in [-0.1, -0.05) is 25.7 Å². The Labute approximate surface area is 112 Å². The Balaban J connectivity index is 1.69. The molecule has 1 N–H and O–H groups in total. The van der Waals surface area contributed by atoms with Crippen molar-refractivity contribution in [3.05, 3.63) is 0 Å². The number of hydrogen-bond acceptors (Lipinski definition) is 3. The van der Waals surface area contributed by atoms with Crippen LogP contribution >= 0.6 is 0 Å². The first-order chi connectivity index (χ1) is 9.12. The van der Waals surface area contributed by atoms with Crippen LogP contribution < -0.4 is 5.32 Å². The Bertz CT molecular complexity index is 420. The molecule has 0 unspecified atom stereocenters. The highest BCUT2D eigenvalue weighted by molar-refractivity contribution is 6.09. The van der Waals surface area contributed by atoms with Crippen molar-refractivity contribution in [3.63, 3.8) is 0 Å². The maximum absolute atomic E-state index is 12.4. The molecule has 19 heavy (non-hydrogen) atoms. The fraction of sp³-hybridized carbons (Fsp3) is 0.786. The van der Waals surface area contributed by atoms with E-state index in [0.29, 0.717) is 12.8 Å². The molecule has 3 fully saturated rings. The Hall–Kier alpha value is -1.39. The molecular weight excluding hydrogens is 244 g/mol. The summed E-state index contributed by atoms with van der Waals surface area (Å²) in [7, 11) is 0. The van der Waals surface area contributed by atoms with Crippen LogP contribution in [-0.4, -0.2) is 34.7 Å². The highest BCUT2D eigenvalue weighted by Gasteiger charge is 2.52. The van der Waals surface area contributed by atoms with Crippen LogP contribution in [0.4, 0.5) is 4.79 Å². The monoisotopic (exact) mass is 264 g/mol. The average Bonchev–Trinajstić information content (AvgIpc) is 3.08. The third kappa shape index (κ3) is 2.05. The number of ketones is 1. The number of urea groups is 1. The number of amides is 3. The van der Waals surface area contributed by atoms with E-state index in [2.05, 4.69) is 5.32 Å². The van der Waals surface area contributed by atoms with E-state index in [-0.39, 0.29) is 30.2 Å². The van der Waals surface area contributed by atoms with Crippen LogP contribution in [0.3, 0.4) is 0 Å². The van der Waals surface area contributed by atoms with Gasteiger partial charge in [-0.05, 0) is 25.7 Å². The van der Waals surface area contributed by atoms with Crippen molar-refractivity contribution >= 4 is 17.7 Å². The summed E-state index contributed by atoms with van der Waals surface area (Å²) >= 11 is 0. The first kappa shape index (κ1) is 12.6. The molecule has 3 amide bonds. The summed E-state index contributed by atoms with van der Waals surface area (Å²) in [4.78, 5) is 37.6. The van der Waals surface area contributed by atoms with Crippen molar-refractivity contribution in [2.24, 2.45) is 5.92 Å². The van der Waals surface area contributed by atoms with Crippen molar-refractivity contribution in [3.8, 4) is 0 Å². The van der Waals surface area contributed by atoms with Gasteiger partial charge in [0, 0.05) is 5.92 Å². The van der Waals surface area contributed by atoms with Crippen LogP contribution in [0.2, 0.25) is 0 Å². The van der Waals surface area contributed by atoms with Crippen molar-refractivity contribution in [2.75, 3.05) is 6.54 Å². The molecule has 104 valence electrons. The van der Waals surface area contributed by atoms with Crippen molar-refractivity contribution < 1.29 is 14.4 Å². The van der Waals surface area contributed by atoms with Crippen LogP contribution in [0.5, 0.6) is 0 Å². The average molecular weight is 264 g/mol. The van der Waals surface area contributed by atoms with Gasteiger partial charge >= 0.3 is 6.03 Å². The van der Waals surface area contributed by atoms with Gasteiger partial charge in [-0.3, -0.25) is 14.5 Å². The number of Topliss-reactive ketones (excluding diaryl/α,β-unsaturated/α-hetero) is 1. The summed E-state index contributed by atoms with van der Waals surface area (Å²) < 4.78 is 0. The van der Waals surface area contributed by atoms with E-state index >= 15 is 0 Å². The molecule has 0 aromatic heterocycles. The van der Waals surface area contributed by atoms with Gasteiger partial charge in [-0.15, -0.1) is 0 Å². The molecule has 0 radical (unpaired) electrons. The second kappa shape index (κ2) is 4.62. The Morgan fingerprint density at radius 2 is 1.79 bits per heavy atom. The quantitative estimate of drug-likeness (QED) is 0.787. The summed E-state index contributed by atoms with van der Waals surface area (Å²) in [6.45, 7) is -0.0307. The molecular formula is C14H20N2O3. The Kier molecular flexibility index (Phi) is 3.07. The van der Waals surface area contributed by atoms with Crippen LogP contribution in [0.15, 0.2) is 0 Å². The maximum Gasteiger partial charge on any atom is 0.325 e. The minimum Gasteiger partial charge on any atom is -0.323 e. The van der Waals surface area contributed by atoms with Gasteiger partial charge in [0.2, 0.25) is 0 Å². The number of rotatable bonds is 3. The largest absolute Gasteiger partial charge is 0.325 e. The molecule has 0 bridgehead atoms. The van der Waals surface area contributed by atoms with Gasteiger partial charge < -0.3 is 5.32 Å². The molecule has 3 aliphatic rings. The number of carbonyl (C=O) groups is 3. The zero-order valence-electron chi connectivity index (χ0n) is 11.1. The maximum atomic E-state index is 12.4. The van der Waals surface area contributed by atoms with Gasteiger partial charge in [0.05, 0.1) is 6.54 Å². The normalized spacial score (nSPS) is 26.4. The van der Waals surface area contributed by atoms with Gasteiger partial charge in [-0.25, -0.2) is 4.79 Å². The van der Waals surface area contributed by atoms with E-state index in [9.17, 15) is 14.4 Å². The van der Waals surface area contributed by atoms with Crippen molar-refractivity contribution in [2.45, 2.75) is 56.9 Å². The zero-order chi connectivity index (χ0) is 13.5. The van der Waals surface area contributed by atoms with Crippen LogP contribution in [-0.2, 0) is 9.59 Å². The summed E-state index contributed by atoms with van der Waals surface area (Å²) in [6.07, 6.45) is 7.35. The van der Waals surface area contributed by atoms with Gasteiger partial charge in [-0.2, -0.15) is 0 Å². The van der Waals surface area contributed by atoms with Crippen LogP contribution in [0.1, 0.15) is 51.4 Å². The molecule has 2 aliphatic carbocycles. The molecule has 5 nitrogen and oxygen atoms in total. The lowest BCUT2D eigenvalue weighted by Crippen LogP contribution is -2.44. The van der Waals surface area contributed by atoms with E-state index < -0.39 is 5.54 Å². The molecule has 2 saturated carbocycles. The second-order valence-electron chi connectivity index (χ2n) is 6.06. The molecule has 0 atom stereocenters. The standard InChI is InChI=1S/C14H20N2O3/c17-11(10-5-1-2-6-10)9-16-12(18)14(15-13(16)19)7-3-4-8-14/h10H,1-9H2,(H,15,19). The Morgan fingerprint density at radius 1 is 1.16 bits per heavy atom.